The van der Waals surface area contributed by atoms with Crippen molar-refractivity contribution in [3.8, 4) is 11.1 Å². The maximum Gasteiger partial charge on any atom is 0.150 e. The SMILES string of the molecule is Cc1cocc1-c1ccc(C=O)cc1F. The molecule has 2 nitrogen and oxygen atoms in total. The van der Waals surface area contributed by atoms with Gasteiger partial charge in [-0.3, -0.25) is 4.79 Å². The minimum Gasteiger partial charge on any atom is -0.472 e. The van der Waals surface area contributed by atoms with Gasteiger partial charge in [0.1, 0.15) is 12.1 Å². The van der Waals surface area contributed by atoms with Crippen molar-refractivity contribution >= 4 is 6.29 Å². The van der Waals surface area contributed by atoms with Crippen molar-refractivity contribution in [2.75, 3.05) is 0 Å². The number of furan rings is 1. The van der Waals surface area contributed by atoms with Crippen molar-refractivity contribution in [2.45, 2.75) is 6.92 Å². The van der Waals surface area contributed by atoms with Crippen LogP contribution in [0.1, 0.15) is 15.9 Å². The Morgan fingerprint density at radius 3 is 2.60 bits per heavy atom. The minimum absolute atomic E-state index is 0.331. The normalized spacial score (nSPS) is 10.3. The van der Waals surface area contributed by atoms with Gasteiger partial charge in [0, 0.05) is 16.7 Å². The lowest BCUT2D eigenvalue weighted by atomic mass is 10.0. The molecule has 0 aliphatic rings. The molecule has 76 valence electrons. The predicted molar refractivity (Wildman–Crippen MR) is 54.2 cm³/mol. The standard InChI is InChI=1S/C12H9FO2/c1-8-6-15-7-11(8)10-3-2-9(5-14)4-12(10)13/h2-7H,1H3. The summed E-state index contributed by atoms with van der Waals surface area (Å²) in [5.74, 6) is -0.413. The molecule has 0 unspecified atom stereocenters. The van der Waals surface area contributed by atoms with Crippen LogP contribution in [-0.4, -0.2) is 6.29 Å². The van der Waals surface area contributed by atoms with Crippen molar-refractivity contribution in [3.63, 3.8) is 0 Å². The van der Waals surface area contributed by atoms with Crippen LogP contribution in [0.2, 0.25) is 0 Å². The number of hydrogen-bond acceptors (Lipinski definition) is 2. The van der Waals surface area contributed by atoms with E-state index >= 15 is 0 Å². The Hall–Kier alpha value is -1.90. The molecular formula is C12H9FO2. The third-order valence-corrected chi connectivity index (χ3v) is 2.27. The number of benzene rings is 1. The van der Waals surface area contributed by atoms with Crippen molar-refractivity contribution < 1.29 is 13.6 Å². The monoisotopic (exact) mass is 204 g/mol. The molecule has 1 aromatic heterocycles. The zero-order valence-corrected chi connectivity index (χ0v) is 8.16. The molecule has 1 aromatic carbocycles. The number of halogens is 1. The first kappa shape index (κ1) is 9.65. The minimum atomic E-state index is -0.413. The smallest absolute Gasteiger partial charge is 0.150 e. The second-order valence-corrected chi connectivity index (χ2v) is 3.33. The Balaban J connectivity index is 2.55. The highest BCUT2D eigenvalue weighted by molar-refractivity contribution is 5.77. The zero-order chi connectivity index (χ0) is 10.8. The van der Waals surface area contributed by atoms with Crippen molar-refractivity contribution in [1.82, 2.24) is 0 Å². The highest BCUT2D eigenvalue weighted by Gasteiger charge is 2.09. The van der Waals surface area contributed by atoms with Crippen LogP contribution >= 0.6 is 0 Å². The third kappa shape index (κ3) is 1.68. The van der Waals surface area contributed by atoms with Gasteiger partial charge in [-0.05, 0) is 18.6 Å². The van der Waals surface area contributed by atoms with E-state index in [0.717, 1.165) is 5.56 Å². The summed E-state index contributed by atoms with van der Waals surface area (Å²) >= 11 is 0. The summed E-state index contributed by atoms with van der Waals surface area (Å²) in [6.45, 7) is 1.84. The topological polar surface area (TPSA) is 30.2 Å². The molecule has 15 heavy (non-hydrogen) atoms. The molecule has 0 atom stereocenters. The van der Waals surface area contributed by atoms with E-state index in [4.69, 9.17) is 4.42 Å². The largest absolute Gasteiger partial charge is 0.472 e. The molecule has 2 aromatic rings. The van der Waals surface area contributed by atoms with Crippen LogP contribution in [0.3, 0.4) is 0 Å². The average molecular weight is 204 g/mol. The van der Waals surface area contributed by atoms with E-state index in [1.54, 1.807) is 18.4 Å². The first-order valence-corrected chi connectivity index (χ1v) is 4.50. The molecule has 0 spiro atoms. The van der Waals surface area contributed by atoms with Crippen LogP contribution in [-0.2, 0) is 0 Å². The van der Waals surface area contributed by atoms with Crippen LogP contribution in [0.25, 0.3) is 11.1 Å². The third-order valence-electron chi connectivity index (χ3n) is 2.27. The molecule has 0 saturated carbocycles. The van der Waals surface area contributed by atoms with E-state index in [1.165, 1.54) is 12.3 Å². The molecule has 2 rings (SSSR count). The van der Waals surface area contributed by atoms with E-state index in [9.17, 15) is 9.18 Å². The highest BCUT2D eigenvalue weighted by Crippen LogP contribution is 2.27. The predicted octanol–water partition coefficient (Wildman–Crippen LogP) is 3.21. The number of carbonyl (C=O) groups excluding carboxylic acids is 1. The second kappa shape index (κ2) is 3.69. The fraction of sp³-hybridized carbons (Fsp3) is 0.0833. The van der Waals surface area contributed by atoms with Gasteiger partial charge < -0.3 is 4.42 Å². The Bertz CT molecular complexity index is 500. The molecule has 3 heteroatoms. The summed E-state index contributed by atoms with van der Waals surface area (Å²) in [7, 11) is 0. The quantitative estimate of drug-likeness (QED) is 0.703. The van der Waals surface area contributed by atoms with Crippen LogP contribution in [0, 0.1) is 12.7 Å². The maximum absolute atomic E-state index is 13.6. The van der Waals surface area contributed by atoms with Gasteiger partial charge in [0.2, 0.25) is 0 Å². The molecule has 0 radical (unpaired) electrons. The van der Waals surface area contributed by atoms with Crippen LogP contribution in [0.15, 0.2) is 35.1 Å². The van der Waals surface area contributed by atoms with Gasteiger partial charge in [0.05, 0.1) is 12.5 Å². The first-order chi connectivity index (χ1) is 7.22. The molecule has 0 fully saturated rings. The van der Waals surface area contributed by atoms with Gasteiger partial charge in [0.25, 0.3) is 0 Å². The fourth-order valence-electron chi connectivity index (χ4n) is 1.46. The van der Waals surface area contributed by atoms with E-state index in [2.05, 4.69) is 0 Å². The summed E-state index contributed by atoms with van der Waals surface area (Å²) in [6, 6.07) is 4.38. The lowest BCUT2D eigenvalue weighted by Gasteiger charge is -2.01. The molecule has 0 saturated heterocycles. The summed E-state index contributed by atoms with van der Waals surface area (Å²) in [5, 5.41) is 0. The number of carbonyl (C=O) groups is 1. The van der Waals surface area contributed by atoms with E-state index < -0.39 is 5.82 Å². The van der Waals surface area contributed by atoms with Gasteiger partial charge in [-0.1, -0.05) is 12.1 Å². The zero-order valence-electron chi connectivity index (χ0n) is 8.16. The molecule has 0 bridgehead atoms. The molecule has 0 amide bonds. The van der Waals surface area contributed by atoms with E-state index in [0.29, 0.717) is 23.0 Å². The van der Waals surface area contributed by atoms with Crippen LogP contribution in [0.5, 0.6) is 0 Å². The van der Waals surface area contributed by atoms with E-state index in [-0.39, 0.29) is 0 Å². The summed E-state index contributed by atoms with van der Waals surface area (Å²) in [4.78, 5) is 10.4. The molecule has 0 N–H and O–H groups in total. The highest BCUT2D eigenvalue weighted by atomic mass is 19.1. The Morgan fingerprint density at radius 1 is 1.27 bits per heavy atom. The van der Waals surface area contributed by atoms with Crippen molar-refractivity contribution in [1.29, 1.82) is 0 Å². The Morgan fingerprint density at radius 2 is 2.07 bits per heavy atom. The van der Waals surface area contributed by atoms with Gasteiger partial charge in [0.15, 0.2) is 0 Å². The van der Waals surface area contributed by atoms with Crippen molar-refractivity contribution in [3.05, 3.63) is 47.7 Å². The van der Waals surface area contributed by atoms with Crippen LogP contribution < -0.4 is 0 Å². The number of aryl methyl sites for hydroxylation is 1. The molecule has 1 heterocycles. The van der Waals surface area contributed by atoms with E-state index in [1.807, 2.05) is 6.92 Å². The number of hydrogen-bond donors (Lipinski definition) is 0. The average Bonchev–Trinajstić information content (AvgIpc) is 2.64. The number of rotatable bonds is 2. The van der Waals surface area contributed by atoms with Gasteiger partial charge >= 0.3 is 0 Å². The van der Waals surface area contributed by atoms with Gasteiger partial charge in [-0.2, -0.15) is 0 Å². The Labute approximate surface area is 86.3 Å². The number of aldehydes is 1. The molecular weight excluding hydrogens is 195 g/mol. The second-order valence-electron chi connectivity index (χ2n) is 3.33. The Kier molecular flexibility index (Phi) is 2.37. The van der Waals surface area contributed by atoms with Gasteiger partial charge in [-0.25, -0.2) is 4.39 Å². The summed E-state index contributed by atoms with van der Waals surface area (Å²) in [5.41, 5.74) is 2.36. The lowest BCUT2D eigenvalue weighted by Crippen LogP contribution is -1.87. The summed E-state index contributed by atoms with van der Waals surface area (Å²) < 4.78 is 18.6. The van der Waals surface area contributed by atoms with Gasteiger partial charge in [-0.15, -0.1) is 0 Å². The first-order valence-electron chi connectivity index (χ1n) is 4.50. The molecule has 0 aliphatic carbocycles. The lowest BCUT2D eigenvalue weighted by molar-refractivity contribution is 0.112. The van der Waals surface area contributed by atoms with Crippen molar-refractivity contribution in [2.24, 2.45) is 0 Å². The fourth-order valence-corrected chi connectivity index (χ4v) is 1.46. The van der Waals surface area contributed by atoms with Crippen LogP contribution in [0.4, 0.5) is 4.39 Å². The molecule has 0 aliphatic heterocycles. The summed E-state index contributed by atoms with van der Waals surface area (Å²) in [6.07, 6.45) is 3.67. The maximum atomic E-state index is 13.6.